The fourth-order valence-electron chi connectivity index (χ4n) is 2.78. The second-order valence-corrected chi connectivity index (χ2v) is 7.25. The van der Waals surface area contributed by atoms with Gasteiger partial charge in [-0.25, -0.2) is 0 Å². The minimum absolute atomic E-state index is 0.746. The van der Waals surface area contributed by atoms with Crippen LogP contribution in [-0.2, 0) is 12.8 Å². The van der Waals surface area contributed by atoms with E-state index in [1.165, 1.54) is 30.4 Å². The molecule has 1 aromatic carbocycles. The van der Waals surface area contributed by atoms with Gasteiger partial charge in [-0.2, -0.15) is 0 Å². The molecule has 0 aliphatic rings. The van der Waals surface area contributed by atoms with Crippen LogP contribution in [0.4, 0.5) is 0 Å². The van der Waals surface area contributed by atoms with E-state index in [0.29, 0.717) is 0 Å². The second-order valence-electron chi connectivity index (χ2n) is 7.25. The van der Waals surface area contributed by atoms with Gasteiger partial charge in [-0.05, 0) is 54.1 Å². The highest BCUT2D eigenvalue weighted by Gasteiger charge is 2.15. The van der Waals surface area contributed by atoms with Crippen LogP contribution in [-0.4, -0.2) is 0 Å². The molecule has 0 aliphatic carbocycles. The third-order valence-corrected chi connectivity index (χ3v) is 3.88. The summed E-state index contributed by atoms with van der Waals surface area (Å²) in [5, 5.41) is 0. The number of hydrogen-bond donors (Lipinski definition) is 0. The van der Waals surface area contributed by atoms with Crippen molar-refractivity contribution in [2.45, 2.75) is 60.8 Å². The zero-order valence-electron chi connectivity index (χ0n) is 13.7. The van der Waals surface area contributed by atoms with E-state index in [4.69, 9.17) is 0 Å². The van der Waals surface area contributed by atoms with Crippen molar-refractivity contribution in [3.05, 3.63) is 35.4 Å². The molecule has 0 saturated heterocycles. The molecule has 0 saturated carbocycles. The third kappa shape index (κ3) is 6.27. The van der Waals surface area contributed by atoms with E-state index in [0.717, 1.165) is 23.7 Å². The molecule has 0 heteroatoms. The average molecular weight is 260 g/mol. The van der Waals surface area contributed by atoms with Gasteiger partial charge in [0, 0.05) is 0 Å². The van der Waals surface area contributed by atoms with Gasteiger partial charge in [0.25, 0.3) is 0 Å². The molecule has 19 heavy (non-hydrogen) atoms. The third-order valence-electron chi connectivity index (χ3n) is 3.88. The van der Waals surface area contributed by atoms with Gasteiger partial charge in [0.15, 0.2) is 0 Å². The largest absolute Gasteiger partial charge is 0.0628 e. The molecule has 0 spiro atoms. The molecule has 0 aliphatic heterocycles. The van der Waals surface area contributed by atoms with Gasteiger partial charge in [-0.3, -0.25) is 0 Å². The number of rotatable bonds is 7. The summed E-state index contributed by atoms with van der Waals surface area (Å²) in [5.41, 5.74) is 2.98. The predicted octanol–water partition coefficient (Wildman–Crippen LogP) is 5.75. The lowest BCUT2D eigenvalue weighted by atomic mass is 9.83. The lowest BCUT2D eigenvalue weighted by Crippen LogP contribution is -2.14. The lowest BCUT2D eigenvalue weighted by molar-refractivity contribution is 0.315. The molecular formula is C19H32. The Morgan fingerprint density at radius 2 is 1.16 bits per heavy atom. The molecule has 0 nitrogen and oxygen atoms in total. The molecule has 0 radical (unpaired) electrons. The monoisotopic (exact) mass is 260 g/mol. The molecular weight excluding hydrogens is 228 g/mol. The molecule has 1 aromatic rings. The van der Waals surface area contributed by atoms with Crippen molar-refractivity contribution in [2.75, 3.05) is 0 Å². The first-order valence-corrected chi connectivity index (χ1v) is 7.96. The van der Waals surface area contributed by atoms with Crippen LogP contribution in [0.3, 0.4) is 0 Å². The average Bonchev–Trinajstić information content (AvgIpc) is 2.29. The van der Waals surface area contributed by atoms with E-state index < -0.39 is 0 Å². The summed E-state index contributed by atoms with van der Waals surface area (Å²) in [5.74, 6) is 3.14. The van der Waals surface area contributed by atoms with Crippen LogP contribution >= 0.6 is 0 Å². The van der Waals surface area contributed by atoms with Crippen molar-refractivity contribution in [3.63, 3.8) is 0 Å². The van der Waals surface area contributed by atoms with E-state index in [9.17, 15) is 0 Å². The lowest BCUT2D eigenvalue weighted by Gasteiger charge is -2.23. The molecule has 0 aromatic heterocycles. The Hall–Kier alpha value is -0.780. The Morgan fingerprint density at radius 1 is 0.684 bits per heavy atom. The normalized spacial score (nSPS) is 13.5. The molecule has 0 heterocycles. The second kappa shape index (κ2) is 7.72. The summed E-state index contributed by atoms with van der Waals surface area (Å²) in [6.45, 7) is 14.0. The predicted molar refractivity (Wildman–Crippen MR) is 86.5 cm³/mol. The van der Waals surface area contributed by atoms with Crippen LogP contribution in [0.25, 0.3) is 0 Å². The molecule has 0 N–H and O–H groups in total. The van der Waals surface area contributed by atoms with Crippen LogP contribution in [0.15, 0.2) is 24.3 Å². The standard InChI is InChI=1S/C19H32/c1-14(2)11-17-7-9-18(10-8-17)13-19(16(5)6)12-15(3)4/h7-10,14-16,19H,11-13H2,1-6H3/t19-/m0/s1. The van der Waals surface area contributed by atoms with Crippen LogP contribution in [0, 0.1) is 23.7 Å². The fourth-order valence-corrected chi connectivity index (χ4v) is 2.78. The van der Waals surface area contributed by atoms with Crippen molar-refractivity contribution in [1.29, 1.82) is 0 Å². The van der Waals surface area contributed by atoms with Gasteiger partial charge >= 0.3 is 0 Å². The fraction of sp³-hybridized carbons (Fsp3) is 0.684. The first kappa shape index (κ1) is 16.3. The molecule has 0 amide bonds. The van der Waals surface area contributed by atoms with Crippen molar-refractivity contribution < 1.29 is 0 Å². The van der Waals surface area contributed by atoms with Crippen LogP contribution in [0.1, 0.15) is 59.1 Å². The first-order chi connectivity index (χ1) is 8.88. The van der Waals surface area contributed by atoms with Gasteiger partial charge in [-0.15, -0.1) is 0 Å². The Bertz CT molecular complexity index is 343. The molecule has 0 unspecified atom stereocenters. The highest BCUT2D eigenvalue weighted by molar-refractivity contribution is 5.23. The topological polar surface area (TPSA) is 0 Å². The molecule has 1 atom stereocenters. The number of benzene rings is 1. The zero-order chi connectivity index (χ0) is 14.4. The summed E-state index contributed by atoms with van der Waals surface area (Å²) in [7, 11) is 0. The smallest absolute Gasteiger partial charge is 0.0248 e. The van der Waals surface area contributed by atoms with E-state index in [1.54, 1.807) is 0 Å². The first-order valence-electron chi connectivity index (χ1n) is 7.96. The van der Waals surface area contributed by atoms with Gasteiger partial charge in [0.2, 0.25) is 0 Å². The van der Waals surface area contributed by atoms with Gasteiger partial charge in [0.1, 0.15) is 0 Å². The SMILES string of the molecule is CC(C)Cc1ccc(C[C@H](CC(C)C)C(C)C)cc1. The Labute approximate surface area is 120 Å². The van der Waals surface area contributed by atoms with Crippen molar-refractivity contribution in [3.8, 4) is 0 Å². The van der Waals surface area contributed by atoms with Crippen molar-refractivity contribution >= 4 is 0 Å². The van der Waals surface area contributed by atoms with E-state index in [-0.39, 0.29) is 0 Å². The minimum Gasteiger partial charge on any atom is -0.0628 e. The zero-order valence-corrected chi connectivity index (χ0v) is 13.7. The summed E-state index contributed by atoms with van der Waals surface area (Å²) < 4.78 is 0. The Balaban J connectivity index is 2.64. The maximum atomic E-state index is 2.36. The summed E-state index contributed by atoms with van der Waals surface area (Å²) in [6, 6.07) is 9.32. The minimum atomic E-state index is 0.746. The Morgan fingerprint density at radius 3 is 1.53 bits per heavy atom. The molecule has 108 valence electrons. The summed E-state index contributed by atoms with van der Waals surface area (Å²) >= 11 is 0. The summed E-state index contributed by atoms with van der Waals surface area (Å²) in [6.07, 6.45) is 3.77. The quantitative estimate of drug-likeness (QED) is 0.586. The van der Waals surface area contributed by atoms with Gasteiger partial charge < -0.3 is 0 Å². The number of hydrogen-bond acceptors (Lipinski definition) is 0. The van der Waals surface area contributed by atoms with Crippen LogP contribution in [0.2, 0.25) is 0 Å². The van der Waals surface area contributed by atoms with Crippen molar-refractivity contribution in [2.24, 2.45) is 23.7 Å². The maximum Gasteiger partial charge on any atom is -0.0248 e. The van der Waals surface area contributed by atoms with Crippen LogP contribution in [0.5, 0.6) is 0 Å². The van der Waals surface area contributed by atoms with Gasteiger partial charge in [-0.1, -0.05) is 65.8 Å². The van der Waals surface area contributed by atoms with E-state index >= 15 is 0 Å². The van der Waals surface area contributed by atoms with Crippen molar-refractivity contribution in [1.82, 2.24) is 0 Å². The highest BCUT2D eigenvalue weighted by atomic mass is 14.2. The molecule has 1 rings (SSSR count). The van der Waals surface area contributed by atoms with E-state index in [2.05, 4.69) is 65.8 Å². The van der Waals surface area contributed by atoms with Gasteiger partial charge in [0.05, 0.1) is 0 Å². The highest BCUT2D eigenvalue weighted by Crippen LogP contribution is 2.24. The molecule has 0 fully saturated rings. The summed E-state index contributed by atoms with van der Waals surface area (Å²) in [4.78, 5) is 0. The maximum absolute atomic E-state index is 2.36. The Kier molecular flexibility index (Phi) is 6.62. The molecule has 0 bridgehead atoms. The van der Waals surface area contributed by atoms with E-state index in [1.807, 2.05) is 0 Å². The van der Waals surface area contributed by atoms with Crippen LogP contribution < -0.4 is 0 Å².